The third kappa shape index (κ3) is 3.12. The Morgan fingerprint density at radius 3 is 2.65 bits per heavy atom. The number of amides is 1. The Morgan fingerprint density at radius 2 is 1.95 bits per heavy atom. The van der Waals surface area contributed by atoms with E-state index in [1.807, 2.05) is 0 Å². The zero-order valence-corrected chi connectivity index (χ0v) is 10.9. The minimum atomic E-state index is -0.963. The van der Waals surface area contributed by atoms with E-state index in [0.29, 0.717) is 16.9 Å². The largest absolute Gasteiger partial charge is 0.398 e. The first-order valence-electron chi connectivity index (χ1n) is 6.06. The third-order valence-corrected chi connectivity index (χ3v) is 3.00. The highest BCUT2D eigenvalue weighted by atomic mass is 19.2. The van der Waals surface area contributed by atoms with E-state index in [1.54, 1.807) is 25.1 Å². The molecule has 0 atom stereocenters. The second kappa shape index (κ2) is 5.69. The second-order valence-electron chi connectivity index (χ2n) is 4.49. The fourth-order valence-electron chi connectivity index (χ4n) is 1.82. The van der Waals surface area contributed by atoms with E-state index in [0.717, 1.165) is 17.7 Å². The van der Waals surface area contributed by atoms with Gasteiger partial charge in [0.05, 0.1) is 6.42 Å². The van der Waals surface area contributed by atoms with Crippen LogP contribution in [0.25, 0.3) is 0 Å². The summed E-state index contributed by atoms with van der Waals surface area (Å²) in [7, 11) is 0. The fraction of sp³-hybridized carbons (Fsp3) is 0.133. The lowest BCUT2D eigenvalue weighted by molar-refractivity contribution is -0.115. The highest BCUT2D eigenvalue weighted by molar-refractivity contribution is 5.93. The summed E-state index contributed by atoms with van der Waals surface area (Å²) in [6, 6.07) is 8.60. The van der Waals surface area contributed by atoms with Crippen LogP contribution in [0, 0.1) is 18.6 Å². The molecule has 0 spiro atoms. The Bertz CT molecular complexity index is 656. The van der Waals surface area contributed by atoms with Crippen LogP contribution in [0.15, 0.2) is 36.4 Å². The molecule has 0 bridgehead atoms. The van der Waals surface area contributed by atoms with Gasteiger partial charge in [-0.1, -0.05) is 12.1 Å². The molecule has 104 valence electrons. The van der Waals surface area contributed by atoms with Crippen molar-refractivity contribution in [1.82, 2.24) is 0 Å². The van der Waals surface area contributed by atoms with Crippen LogP contribution in [0.2, 0.25) is 0 Å². The summed E-state index contributed by atoms with van der Waals surface area (Å²) in [4.78, 5) is 11.9. The van der Waals surface area contributed by atoms with Crippen molar-refractivity contribution in [3.05, 3.63) is 59.2 Å². The van der Waals surface area contributed by atoms with Gasteiger partial charge in [0.15, 0.2) is 11.6 Å². The van der Waals surface area contributed by atoms with E-state index in [9.17, 15) is 13.6 Å². The van der Waals surface area contributed by atoms with Gasteiger partial charge in [0.25, 0.3) is 0 Å². The van der Waals surface area contributed by atoms with Crippen molar-refractivity contribution >= 4 is 17.3 Å². The van der Waals surface area contributed by atoms with Crippen LogP contribution in [0.1, 0.15) is 11.1 Å². The quantitative estimate of drug-likeness (QED) is 0.847. The number of hydrogen-bond acceptors (Lipinski definition) is 2. The molecule has 0 heterocycles. The molecule has 2 rings (SSSR count). The Hall–Kier alpha value is -2.43. The van der Waals surface area contributed by atoms with Gasteiger partial charge in [-0.15, -0.1) is 0 Å². The van der Waals surface area contributed by atoms with E-state index >= 15 is 0 Å². The summed E-state index contributed by atoms with van der Waals surface area (Å²) in [5.74, 6) is -2.21. The minimum absolute atomic E-state index is 0.0363. The molecule has 3 nitrogen and oxygen atoms in total. The summed E-state index contributed by atoms with van der Waals surface area (Å²) in [6.45, 7) is 1.79. The number of carbonyl (C=O) groups is 1. The number of nitrogens with one attached hydrogen (secondary N) is 1. The standard InChI is InChI=1S/C15H14F2N2O/c1-9-13(18)3-2-4-14(9)19-15(20)8-10-5-6-11(16)12(17)7-10/h2-7H,8,18H2,1H3,(H,19,20). The Balaban J connectivity index is 2.09. The smallest absolute Gasteiger partial charge is 0.228 e. The zero-order chi connectivity index (χ0) is 14.7. The predicted molar refractivity (Wildman–Crippen MR) is 74.3 cm³/mol. The molecule has 5 heteroatoms. The van der Waals surface area contributed by atoms with Crippen molar-refractivity contribution in [2.45, 2.75) is 13.3 Å². The monoisotopic (exact) mass is 276 g/mol. The molecule has 0 saturated heterocycles. The number of nitrogens with two attached hydrogens (primary N) is 1. The van der Waals surface area contributed by atoms with Crippen molar-refractivity contribution in [2.24, 2.45) is 0 Å². The van der Waals surface area contributed by atoms with Gasteiger partial charge in [-0.2, -0.15) is 0 Å². The Morgan fingerprint density at radius 1 is 1.20 bits per heavy atom. The molecule has 0 fully saturated rings. The second-order valence-corrected chi connectivity index (χ2v) is 4.49. The van der Waals surface area contributed by atoms with Crippen LogP contribution in [-0.2, 0) is 11.2 Å². The normalized spacial score (nSPS) is 10.3. The molecule has 0 aliphatic heterocycles. The van der Waals surface area contributed by atoms with Crippen molar-refractivity contribution < 1.29 is 13.6 Å². The lowest BCUT2D eigenvalue weighted by Gasteiger charge is -2.10. The lowest BCUT2D eigenvalue weighted by atomic mass is 10.1. The Kier molecular flexibility index (Phi) is 3.98. The molecule has 0 aliphatic rings. The van der Waals surface area contributed by atoms with E-state index < -0.39 is 11.6 Å². The first-order chi connectivity index (χ1) is 9.47. The van der Waals surface area contributed by atoms with Crippen molar-refractivity contribution in [2.75, 3.05) is 11.1 Å². The molecule has 3 N–H and O–H groups in total. The van der Waals surface area contributed by atoms with Gasteiger partial charge in [0.1, 0.15) is 0 Å². The first-order valence-corrected chi connectivity index (χ1v) is 6.06. The fourth-order valence-corrected chi connectivity index (χ4v) is 1.82. The van der Waals surface area contributed by atoms with Gasteiger partial charge in [0, 0.05) is 11.4 Å². The topological polar surface area (TPSA) is 55.1 Å². The van der Waals surface area contributed by atoms with Crippen LogP contribution in [0.3, 0.4) is 0 Å². The average molecular weight is 276 g/mol. The summed E-state index contributed by atoms with van der Waals surface area (Å²) in [6.07, 6.45) is -0.0363. The Labute approximate surface area is 115 Å². The number of rotatable bonds is 3. The molecule has 20 heavy (non-hydrogen) atoms. The van der Waals surface area contributed by atoms with Crippen LogP contribution in [0.4, 0.5) is 20.2 Å². The van der Waals surface area contributed by atoms with Gasteiger partial charge in [0.2, 0.25) is 5.91 Å². The molecule has 1 amide bonds. The van der Waals surface area contributed by atoms with Gasteiger partial charge in [-0.25, -0.2) is 8.78 Å². The number of nitrogen functional groups attached to an aromatic ring is 1. The first kappa shape index (κ1) is 14.0. The summed E-state index contributed by atoms with van der Waals surface area (Å²) in [5, 5.41) is 2.70. The van der Waals surface area contributed by atoms with Crippen LogP contribution in [-0.4, -0.2) is 5.91 Å². The number of benzene rings is 2. The van der Waals surface area contributed by atoms with Gasteiger partial charge < -0.3 is 11.1 Å². The molecule has 2 aromatic carbocycles. The molecule has 0 aromatic heterocycles. The molecular weight excluding hydrogens is 262 g/mol. The summed E-state index contributed by atoms with van der Waals surface area (Å²) < 4.78 is 25.8. The molecular formula is C15H14F2N2O. The summed E-state index contributed by atoms with van der Waals surface area (Å²) >= 11 is 0. The van der Waals surface area contributed by atoms with E-state index in [4.69, 9.17) is 5.73 Å². The molecule has 0 saturated carbocycles. The highest BCUT2D eigenvalue weighted by Crippen LogP contribution is 2.20. The molecule has 0 aliphatic carbocycles. The zero-order valence-electron chi connectivity index (χ0n) is 10.9. The summed E-state index contributed by atoms with van der Waals surface area (Å²) in [5.41, 5.74) is 8.11. The van der Waals surface area contributed by atoms with E-state index in [2.05, 4.69) is 5.32 Å². The minimum Gasteiger partial charge on any atom is -0.398 e. The predicted octanol–water partition coefficient (Wildman–Crippen LogP) is 3.04. The molecule has 2 aromatic rings. The third-order valence-electron chi connectivity index (χ3n) is 3.00. The maximum atomic E-state index is 13.1. The number of carbonyl (C=O) groups excluding carboxylic acids is 1. The number of anilines is 2. The van der Waals surface area contributed by atoms with Gasteiger partial charge in [-0.3, -0.25) is 4.79 Å². The number of hydrogen-bond donors (Lipinski definition) is 2. The maximum absolute atomic E-state index is 13.1. The van der Waals surface area contributed by atoms with Crippen LogP contribution < -0.4 is 11.1 Å². The van der Waals surface area contributed by atoms with Crippen LogP contribution >= 0.6 is 0 Å². The van der Waals surface area contributed by atoms with Crippen molar-refractivity contribution in [3.63, 3.8) is 0 Å². The highest BCUT2D eigenvalue weighted by Gasteiger charge is 2.09. The molecule has 0 unspecified atom stereocenters. The maximum Gasteiger partial charge on any atom is 0.228 e. The van der Waals surface area contributed by atoms with Gasteiger partial charge in [-0.05, 0) is 42.3 Å². The SMILES string of the molecule is Cc1c(N)cccc1NC(=O)Cc1ccc(F)c(F)c1. The number of halogens is 2. The van der Waals surface area contributed by atoms with E-state index in [-0.39, 0.29) is 12.3 Å². The van der Waals surface area contributed by atoms with E-state index in [1.165, 1.54) is 6.07 Å². The van der Waals surface area contributed by atoms with Gasteiger partial charge >= 0.3 is 0 Å². The average Bonchev–Trinajstić information content (AvgIpc) is 2.39. The van der Waals surface area contributed by atoms with Crippen molar-refractivity contribution in [3.8, 4) is 0 Å². The molecule has 0 radical (unpaired) electrons. The lowest BCUT2D eigenvalue weighted by Crippen LogP contribution is -2.15. The van der Waals surface area contributed by atoms with Crippen molar-refractivity contribution in [1.29, 1.82) is 0 Å². The van der Waals surface area contributed by atoms with Crippen LogP contribution in [0.5, 0.6) is 0 Å².